The summed E-state index contributed by atoms with van der Waals surface area (Å²) in [4.78, 5) is 0. The van der Waals surface area contributed by atoms with E-state index in [0.717, 1.165) is 13.0 Å². The summed E-state index contributed by atoms with van der Waals surface area (Å²) >= 11 is 0. The van der Waals surface area contributed by atoms with Crippen molar-refractivity contribution in [3.8, 4) is 0 Å². The molecule has 0 bridgehead atoms. The van der Waals surface area contributed by atoms with E-state index in [1.807, 2.05) is 6.61 Å². The molecule has 0 aromatic carbocycles. The van der Waals surface area contributed by atoms with Gasteiger partial charge >= 0.3 is 18.9 Å². The predicted molar refractivity (Wildman–Crippen MR) is 35.5 cm³/mol. The fourth-order valence-electron chi connectivity index (χ4n) is 0.429. The Morgan fingerprint density at radius 1 is 1.33 bits per heavy atom. The van der Waals surface area contributed by atoms with Crippen molar-refractivity contribution in [2.45, 2.75) is 33.1 Å². The number of hydrogen-bond acceptors (Lipinski definition) is 1. The van der Waals surface area contributed by atoms with Crippen LogP contribution < -0.4 is 18.9 Å². The van der Waals surface area contributed by atoms with Gasteiger partial charge in [0.1, 0.15) is 0 Å². The van der Waals surface area contributed by atoms with E-state index in [2.05, 4.69) is 13.8 Å². The number of unbranched alkanes of at least 4 members (excludes halogenated alkanes) is 1. The molecule has 0 atom stereocenters. The summed E-state index contributed by atoms with van der Waals surface area (Å²) in [7, 11) is 0. The van der Waals surface area contributed by atoms with Gasteiger partial charge in [-0.25, -0.2) is 6.61 Å². The zero-order valence-corrected chi connectivity index (χ0v) is 6.81. The largest absolute Gasteiger partial charge is 1.00 e. The fraction of sp³-hybridized carbons (Fsp3) is 0.857. The van der Waals surface area contributed by atoms with E-state index < -0.39 is 0 Å². The Morgan fingerprint density at radius 2 is 2.00 bits per heavy atom. The summed E-state index contributed by atoms with van der Waals surface area (Å²) in [6.45, 7) is 6.99. The first-order valence-electron chi connectivity index (χ1n) is 3.35. The first-order valence-corrected chi connectivity index (χ1v) is 3.35. The van der Waals surface area contributed by atoms with E-state index >= 15 is 0 Å². The van der Waals surface area contributed by atoms with Crippen molar-refractivity contribution < 1.29 is 23.6 Å². The predicted octanol–water partition coefficient (Wildman–Crippen LogP) is -0.621. The van der Waals surface area contributed by atoms with Crippen LogP contribution in [-0.4, -0.2) is 6.61 Å². The molecule has 0 saturated heterocycles. The van der Waals surface area contributed by atoms with Crippen molar-refractivity contribution in [3.63, 3.8) is 0 Å². The molecule has 2 heteroatoms. The van der Waals surface area contributed by atoms with Crippen molar-refractivity contribution in [2.24, 2.45) is 0 Å². The normalized spacial score (nSPS) is 8.67. The van der Waals surface area contributed by atoms with Gasteiger partial charge in [0, 0.05) is 6.61 Å². The molecule has 0 unspecified atom stereocenters. The van der Waals surface area contributed by atoms with Crippen molar-refractivity contribution in [2.75, 3.05) is 6.61 Å². The molecule has 0 aromatic rings. The van der Waals surface area contributed by atoms with Crippen molar-refractivity contribution in [1.82, 2.24) is 0 Å². The van der Waals surface area contributed by atoms with Gasteiger partial charge in [0.25, 0.3) is 0 Å². The minimum Gasteiger partial charge on any atom is -0.552 e. The molecule has 0 heterocycles. The Bertz CT molecular complexity index is 33.9. The molecular formula is C7H15LiO. The zero-order valence-electron chi connectivity index (χ0n) is 6.81. The topological polar surface area (TPSA) is 9.23 Å². The average molecular weight is 122 g/mol. The Hall–Kier alpha value is 0.557. The Balaban J connectivity index is 0. The third-order valence-corrected chi connectivity index (χ3v) is 0.900. The molecule has 50 valence electrons. The third kappa shape index (κ3) is 11.9. The summed E-state index contributed by atoms with van der Waals surface area (Å²) in [5, 5.41) is 0. The quantitative estimate of drug-likeness (QED) is 0.268. The average Bonchev–Trinajstić information content (AvgIpc) is 1.81. The second-order valence-corrected chi connectivity index (χ2v) is 1.80. The second-order valence-electron chi connectivity index (χ2n) is 1.80. The summed E-state index contributed by atoms with van der Waals surface area (Å²) in [5.41, 5.74) is 0. The van der Waals surface area contributed by atoms with Gasteiger partial charge in [-0.05, 0) is 6.42 Å². The van der Waals surface area contributed by atoms with Gasteiger partial charge < -0.3 is 4.74 Å². The molecule has 0 fully saturated rings. The number of hydrogen-bond donors (Lipinski definition) is 0. The van der Waals surface area contributed by atoms with Crippen LogP contribution in [0.5, 0.6) is 0 Å². The molecule has 0 radical (unpaired) electrons. The van der Waals surface area contributed by atoms with Crippen molar-refractivity contribution in [1.29, 1.82) is 0 Å². The summed E-state index contributed by atoms with van der Waals surface area (Å²) in [5.74, 6) is 0. The first-order chi connectivity index (χ1) is 3.91. The van der Waals surface area contributed by atoms with Crippen LogP contribution in [0.25, 0.3) is 0 Å². The Morgan fingerprint density at radius 3 is 2.44 bits per heavy atom. The maximum absolute atomic E-state index is 5.10. The van der Waals surface area contributed by atoms with Crippen LogP contribution >= 0.6 is 0 Å². The summed E-state index contributed by atoms with van der Waals surface area (Å²) < 4.78 is 5.10. The van der Waals surface area contributed by atoms with Crippen molar-refractivity contribution >= 4 is 0 Å². The van der Waals surface area contributed by atoms with Gasteiger partial charge in [0.2, 0.25) is 0 Å². The summed E-state index contributed by atoms with van der Waals surface area (Å²) in [6, 6.07) is 0. The molecule has 0 rings (SSSR count). The van der Waals surface area contributed by atoms with Gasteiger partial charge in [0.05, 0.1) is 0 Å². The number of ether oxygens (including phenoxy) is 1. The molecule has 1 nitrogen and oxygen atoms in total. The van der Waals surface area contributed by atoms with Gasteiger partial charge in [-0.1, -0.05) is 20.3 Å². The van der Waals surface area contributed by atoms with Crippen LogP contribution in [-0.2, 0) is 4.74 Å². The third-order valence-electron chi connectivity index (χ3n) is 0.900. The summed E-state index contributed by atoms with van der Waals surface area (Å²) in [6.07, 6.45) is 3.41. The molecule has 0 spiro atoms. The maximum atomic E-state index is 5.10. The van der Waals surface area contributed by atoms with E-state index in [1.165, 1.54) is 12.8 Å². The smallest absolute Gasteiger partial charge is 0.552 e. The van der Waals surface area contributed by atoms with Crippen LogP contribution in [0.15, 0.2) is 0 Å². The van der Waals surface area contributed by atoms with E-state index in [1.54, 1.807) is 0 Å². The fourth-order valence-corrected chi connectivity index (χ4v) is 0.429. The van der Waals surface area contributed by atoms with Crippen LogP contribution in [0.3, 0.4) is 0 Å². The molecule has 0 aliphatic carbocycles. The standard InChI is InChI=1S/C7H15O.Li/c1-3-5-7-8-6-4-2;/h6H,3-5,7H2,1-2H3;/q-1;+1. The number of rotatable bonds is 5. The monoisotopic (exact) mass is 122 g/mol. The minimum absolute atomic E-state index is 0. The van der Waals surface area contributed by atoms with Gasteiger partial charge in [-0.3, -0.25) is 0 Å². The van der Waals surface area contributed by atoms with E-state index in [-0.39, 0.29) is 18.9 Å². The molecule has 0 aromatic heterocycles. The Labute approximate surface area is 70.3 Å². The second kappa shape index (κ2) is 11.4. The Kier molecular flexibility index (Phi) is 15.5. The minimum atomic E-state index is 0. The maximum Gasteiger partial charge on any atom is 1.00 e. The SMILES string of the molecule is CC[CH-]OCCCC.[Li+]. The first kappa shape index (κ1) is 12.3. The molecule has 9 heavy (non-hydrogen) atoms. The van der Waals surface area contributed by atoms with Crippen LogP contribution in [0.2, 0.25) is 0 Å². The van der Waals surface area contributed by atoms with E-state index in [9.17, 15) is 0 Å². The molecule has 0 aliphatic rings. The van der Waals surface area contributed by atoms with E-state index in [4.69, 9.17) is 4.74 Å². The van der Waals surface area contributed by atoms with Crippen LogP contribution in [0.4, 0.5) is 0 Å². The zero-order chi connectivity index (χ0) is 6.24. The molecule has 0 saturated carbocycles. The molecule has 0 aliphatic heterocycles. The van der Waals surface area contributed by atoms with Gasteiger partial charge in [-0.2, -0.15) is 6.42 Å². The van der Waals surface area contributed by atoms with Gasteiger partial charge in [0.15, 0.2) is 0 Å². The van der Waals surface area contributed by atoms with Gasteiger partial charge in [-0.15, -0.1) is 0 Å². The molecule has 0 amide bonds. The molecule has 0 N–H and O–H groups in total. The van der Waals surface area contributed by atoms with Crippen molar-refractivity contribution in [3.05, 3.63) is 6.61 Å². The van der Waals surface area contributed by atoms with Crippen LogP contribution in [0.1, 0.15) is 33.1 Å². The van der Waals surface area contributed by atoms with E-state index in [0.29, 0.717) is 0 Å². The van der Waals surface area contributed by atoms with Crippen LogP contribution in [0, 0.1) is 6.61 Å². The molecular weight excluding hydrogens is 107 g/mol.